The molecule has 122 valence electrons. The van der Waals surface area contributed by atoms with E-state index >= 15 is 0 Å². The predicted octanol–water partition coefficient (Wildman–Crippen LogP) is 3.39. The minimum absolute atomic E-state index is 0.0820. The second kappa shape index (κ2) is 6.29. The minimum atomic E-state index is -0.554. The van der Waals surface area contributed by atoms with Crippen LogP contribution in [-0.4, -0.2) is 40.9 Å². The second-order valence-corrected chi connectivity index (χ2v) is 7.18. The second-order valence-electron chi connectivity index (χ2n) is 7.18. The number of rotatable bonds is 1. The molecule has 1 heterocycles. The Hall–Kier alpha value is -1.55. The van der Waals surface area contributed by atoms with Gasteiger partial charge in [-0.05, 0) is 57.7 Å². The summed E-state index contributed by atoms with van der Waals surface area (Å²) in [6, 6.07) is 6.20. The molecule has 0 spiro atoms. The summed E-state index contributed by atoms with van der Waals surface area (Å²) < 4.78 is 5.39. The Morgan fingerprint density at radius 1 is 1.32 bits per heavy atom. The van der Waals surface area contributed by atoms with Crippen molar-refractivity contribution >= 4 is 6.09 Å². The molecule has 1 aliphatic heterocycles. The lowest BCUT2D eigenvalue weighted by molar-refractivity contribution is -0.00157. The minimum Gasteiger partial charge on any atom is -0.444 e. The number of piperidine rings is 1. The summed E-state index contributed by atoms with van der Waals surface area (Å²) in [5.41, 5.74) is 3.15. The van der Waals surface area contributed by atoms with Crippen LogP contribution in [0.25, 0.3) is 0 Å². The number of β-amino-alcohol motifs (C(OH)–C–C–N with tert-alkyl or cyclic N) is 1. The van der Waals surface area contributed by atoms with Gasteiger partial charge in [-0.3, -0.25) is 0 Å². The first kappa shape index (κ1) is 16.8. The molecule has 0 aromatic heterocycles. The maximum absolute atomic E-state index is 12.1. The number of ether oxygens (including phenoxy) is 1. The molecule has 4 heteroatoms. The van der Waals surface area contributed by atoms with Crippen LogP contribution in [0.15, 0.2) is 18.2 Å². The van der Waals surface area contributed by atoms with E-state index < -0.39 is 11.7 Å². The third-order valence-corrected chi connectivity index (χ3v) is 4.28. The number of likely N-dealkylation sites (tertiary alicyclic amines) is 1. The van der Waals surface area contributed by atoms with Crippen molar-refractivity contribution in [1.29, 1.82) is 0 Å². The van der Waals surface area contributed by atoms with E-state index in [0.717, 1.165) is 6.42 Å². The summed E-state index contributed by atoms with van der Waals surface area (Å²) in [6.07, 6.45) is -0.141. The molecule has 0 aliphatic carbocycles. The maximum Gasteiger partial charge on any atom is 0.410 e. The van der Waals surface area contributed by atoms with Gasteiger partial charge < -0.3 is 14.7 Å². The summed E-state index contributed by atoms with van der Waals surface area (Å²) in [5, 5.41) is 10.5. The Bertz CT molecular complexity index is 548. The summed E-state index contributed by atoms with van der Waals surface area (Å²) in [6.45, 7) is 10.7. The fourth-order valence-electron chi connectivity index (χ4n) is 2.96. The van der Waals surface area contributed by atoms with Gasteiger partial charge in [0.05, 0.1) is 12.6 Å². The molecule has 1 aliphatic rings. The lowest BCUT2D eigenvalue weighted by Gasteiger charge is -2.37. The number of nitrogens with zero attached hydrogens (tertiary/aromatic N) is 1. The van der Waals surface area contributed by atoms with Crippen LogP contribution in [0.4, 0.5) is 4.79 Å². The zero-order valence-electron chi connectivity index (χ0n) is 14.2. The third-order valence-electron chi connectivity index (χ3n) is 4.28. The number of aryl methyl sites for hydroxylation is 1. The van der Waals surface area contributed by atoms with Crippen LogP contribution in [0.3, 0.4) is 0 Å². The van der Waals surface area contributed by atoms with Crippen molar-refractivity contribution < 1.29 is 14.6 Å². The van der Waals surface area contributed by atoms with Crippen molar-refractivity contribution in [2.24, 2.45) is 0 Å². The standard InChI is InChI=1S/C18H27NO3/c1-12-7-6-8-14(13(12)2)15-9-10-19(11-16(15)20)17(21)22-18(3,4)5/h6-8,15-16,20H,9-11H2,1-5H3/t15-,16-/m0/s1. The van der Waals surface area contributed by atoms with E-state index in [1.165, 1.54) is 16.7 Å². The van der Waals surface area contributed by atoms with Gasteiger partial charge in [0.15, 0.2) is 0 Å². The van der Waals surface area contributed by atoms with Gasteiger partial charge in [0.1, 0.15) is 5.60 Å². The van der Waals surface area contributed by atoms with Crippen LogP contribution in [-0.2, 0) is 4.74 Å². The van der Waals surface area contributed by atoms with Gasteiger partial charge >= 0.3 is 6.09 Å². The number of hydrogen-bond acceptors (Lipinski definition) is 3. The molecule has 22 heavy (non-hydrogen) atoms. The SMILES string of the molecule is Cc1cccc([C@@H]2CCN(C(=O)OC(C)(C)C)C[C@@H]2O)c1C. The van der Waals surface area contributed by atoms with E-state index in [1.54, 1.807) is 4.90 Å². The highest BCUT2D eigenvalue weighted by atomic mass is 16.6. The lowest BCUT2D eigenvalue weighted by atomic mass is 9.84. The first-order chi connectivity index (χ1) is 10.2. The van der Waals surface area contributed by atoms with Crippen LogP contribution in [0, 0.1) is 13.8 Å². The molecule has 0 radical (unpaired) electrons. The van der Waals surface area contributed by atoms with Gasteiger partial charge in [0.2, 0.25) is 0 Å². The van der Waals surface area contributed by atoms with Crippen LogP contribution < -0.4 is 0 Å². The molecule has 1 aromatic carbocycles. The monoisotopic (exact) mass is 305 g/mol. The highest BCUT2D eigenvalue weighted by molar-refractivity contribution is 5.68. The van der Waals surface area contributed by atoms with E-state index in [4.69, 9.17) is 4.74 Å². The topological polar surface area (TPSA) is 49.8 Å². The molecule has 0 bridgehead atoms. The number of carbonyl (C=O) groups excluding carboxylic acids is 1. The normalized spacial score (nSPS) is 22.5. The van der Waals surface area contributed by atoms with E-state index in [9.17, 15) is 9.90 Å². The Labute approximate surface area is 133 Å². The van der Waals surface area contributed by atoms with E-state index in [0.29, 0.717) is 13.1 Å². The van der Waals surface area contributed by atoms with Crippen molar-refractivity contribution in [2.75, 3.05) is 13.1 Å². The summed E-state index contributed by atoms with van der Waals surface area (Å²) in [4.78, 5) is 13.7. The van der Waals surface area contributed by atoms with Crippen LogP contribution in [0.2, 0.25) is 0 Å². The fourth-order valence-corrected chi connectivity index (χ4v) is 2.96. The van der Waals surface area contributed by atoms with Gasteiger partial charge in [-0.2, -0.15) is 0 Å². The predicted molar refractivity (Wildman–Crippen MR) is 87.1 cm³/mol. The number of carbonyl (C=O) groups is 1. The zero-order valence-corrected chi connectivity index (χ0v) is 14.2. The Morgan fingerprint density at radius 3 is 2.59 bits per heavy atom. The average molecular weight is 305 g/mol. The average Bonchev–Trinajstić information content (AvgIpc) is 2.40. The first-order valence-corrected chi connectivity index (χ1v) is 7.91. The van der Waals surface area contributed by atoms with Crippen molar-refractivity contribution in [3.63, 3.8) is 0 Å². The number of aliphatic hydroxyl groups is 1. The number of hydrogen-bond donors (Lipinski definition) is 1. The van der Waals surface area contributed by atoms with Crippen LogP contribution in [0.1, 0.15) is 49.8 Å². The van der Waals surface area contributed by atoms with Crippen molar-refractivity contribution in [2.45, 2.75) is 58.7 Å². The zero-order chi connectivity index (χ0) is 16.5. The first-order valence-electron chi connectivity index (χ1n) is 7.91. The van der Waals surface area contributed by atoms with Gasteiger partial charge in [0, 0.05) is 12.5 Å². The molecular weight excluding hydrogens is 278 g/mol. The molecule has 0 saturated carbocycles. The third kappa shape index (κ3) is 3.80. The van der Waals surface area contributed by atoms with E-state index in [2.05, 4.69) is 26.0 Å². The maximum atomic E-state index is 12.1. The molecule has 1 saturated heterocycles. The highest BCUT2D eigenvalue weighted by Crippen LogP contribution is 2.32. The Morgan fingerprint density at radius 2 is 2.00 bits per heavy atom. The Kier molecular flexibility index (Phi) is 4.81. The van der Waals surface area contributed by atoms with Gasteiger partial charge in [-0.25, -0.2) is 4.79 Å². The number of aliphatic hydroxyl groups excluding tert-OH is 1. The summed E-state index contributed by atoms with van der Waals surface area (Å²) in [7, 11) is 0. The van der Waals surface area contributed by atoms with Crippen molar-refractivity contribution in [3.8, 4) is 0 Å². The largest absolute Gasteiger partial charge is 0.444 e. The van der Waals surface area contributed by atoms with Gasteiger partial charge in [0.25, 0.3) is 0 Å². The Balaban J connectivity index is 2.07. The highest BCUT2D eigenvalue weighted by Gasteiger charge is 2.33. The van der Waals surface area contributed by atoms with Crippen LogP contribution in [0.5, 0.6) is 0 Å². The fraction of sp³-hybridized carbons (Fsp3) is 0.611. The van der Waals surface area contributed by atoms with E-state index in [1.807, 2.05) is 26.8 Å². The molecule has 0 unspecified atom stereocenters. The summed E-state index contributed by atoms with van der Waals surface area (Å²) >= 11 is 0. The molecule has 1 N–H and O–H groups in total. The van der Waals surface area contributed by atoms with E-state index in [-0.39, 0.29) is 12.0 Å². The van der Waals surface area contributed by atoms with Gasteiger partial charge in [-0.15, -0.1) is 0 Å². The molecule has 1 fully saturated rings. The molecule has 1 aromatic rings. The van der Waals surface area contributed by atoms with Crippen LogP contribution >= 0.6 is 0 Å². The molecular formula is C18H27NO3. The molecule has 4 nitrogen and oxygen atoms in total. The molecule has 1 amide bonds. The van der Waals surface area contributed by atoms with Crippen molar-refractivity contribution in [3.05, 3.63) is 34.9 Å². The molecule has 2 atom stereocenters. The number of amides is 1. The van der Waals surface area contributed by atoms with Gasteiger partial charge in [-0.1, -0.05) is 18.2 Å². The summed E-state index contributed by atoms with van der Waals surface area (Å²) in [5.74, 6) is 0.0820. The van der Waals surface area contributed by atoms with Crippen molar-refractivity contribution in [1.82, 2.24) is 4.90 Å². The smallest absolute Gasteiger partial charge is 0.410 e. The lowest BCUT2D eigenvalue weighted by Crippen LogP contribution is -2.47. The quantitative estimate of drug-likeness (QED) is 0.865. The number of benzene rings is 1. The molecule has 2 rings (SSSR count).